The van der Waals surface area contributed by atoms with Crippen molar-refractivity contribution in [1.29, 1.82) is 0 Å². The van der Waals surface area contributed by atoms with Crippen molar-refractivity contribution in [3.63, 3.8) is 0 Å². The summed E-state index contributed by atoms with van der Waals surface area (Å²) in [6, 6.07) is 0. The van der Waals surface area contributed by atoms with Crippen molar-refractivity contribution in [2.45, 2.75) is 64.2 Å². The van der Waals surface area contributed by atoms with Crippen LogP contribution in [0.3, 0.4) is 0 Å². The molecule has 2 rings (SSSR count). The van der Waals surface area contributed by atoms with Crippen molar-refractivity contribution in [3.05, 3.63) is 0 Å². The molecular weight excluding hydrogens is 236 g/mol. The van der Waals surface area contributed by atoms with Crippen LogP contribution < -0.4 is 5.32 Å². The maximum absolute atomic E-state index is 11.9. The van der Waals surface area contributed by atoms with Gasteiger partial charge in [0.2, 0.25) is 5.91 Å². The van der Waals surface area contributed by atoms with Gasteiger partial charge in [-0.2, -0.15) is 0 Å². The van der Waals surface area contributed by atoms with Gasteiger partial charge in [-0.1, -0.05) is 32.1 Å². The van der Waals surface area contributed by atoms with E-state index in [2.05, 4.69) is 10.2 Å². The Bertz CT molecular complexity index is 253. The van der Waals surface area contributed by atoms with Gasteiger partial charge in [-0.25, -0.2) is 0 Å². The van der Waals surface area contributed by atoms with Crippen LogP contribution in [0.1, 0.15) is 64.2 Å². The van der Waals surface area contributed by atoms with Gasteiger partial charge in [-0.3, -0.25) is 4.79 Å². The summed E-state index contributed by atoms with van der Waals surface area (Å²) < 4.78 is 0. The Morgan fingerprint density at radius 1 is 0.947 bits per heavy atom. The normalized spacial score (nSPS) is 22.9. The highest BCUT2D eigenvalue weighted by molar-refractivity contribution is 5.76. The Morgan fingerprint density at radius 2 is 1.58 bits per heavy atom. The minimum Gasteiger partial charge on any atom is -0.355 e. The van der Waals surface area contributed by atoms with E-state index in [9.17, 15) is 4.79 Å². The van der Waals surface area contributed by atoms with Crippen LogP contribution in [0.4, 0.5) is 0 Å². The lowest BCUT2D eigenvalue weighted by atomic mass is 9.87. The summed E-state index contributed by atoms with van der Waals surface area (Å²) in [5.41, 5.74) is 0. The van der Waals surface area contributed by atoms with Gasteiger partial charge in [0.05, 0.1) is 0 Å². The lowest BCUT2D eigenvalue weighted by Crippen LogP contribution is -2.36. The van der Waals surface area contributed by atoms with Gasteiger partial charge in [0.15, 0.2) is 0 Å². The zero-order valence-corrected chi connectivity index (χ0v) is 12.3. The van der Waals surface area contributed by atoms with Crippen LogP contribution in [0.15, 0.2) is 0 Å². The number of hydrogen-bond donors (Lipinski definition) is 1. The second-order valence-electron chi connectivity index (χ2n) is 6.31. The molecule has 2 aliphatic rings. The number of nitrogens with zero attached hydrogens (tertiary/aromatic N) is 1. The highest BCUT2D eigenvalue weighted by atomic mass is 16.1. The van der Waals surface area contributed by atoms with Gasteiger partial charge in [-0.15, -0.1) is 0 Å². The molecule has 2 fully saturated rings. The Hall–Kier alpha value is -0.570. The molecule has 3 nitrogen and oxygen atoms in total. The predicted molar refractivity (Wildman–Crippen MR) is 79.1 cm³/mol. The van der Waals surface area contributed by atoms with E-state index >= 15 is 0 Å². The standard InChI is InChI=1S/C16H30N2O/c19-16(14-15-8-4-3-5-9-15)17-10-13-18-11-6-1-2-7-12-18/h15H,1-14H2,(H,17,19). The first kappa shape index (κ1) is 14.8. The van der Waals surface area contributed by atoms with E-state index in [0.717, 1.165) is 19.5 Å². The second-order valence-corrected chi connectivity index (χ2v) is 6.31. The summed E-state index contributed by atoms with van der Waals surface area (Å²) in [7, 11) is 0. The molecule has 0 atom stereocenters. The highest BCUT2D eigenvalue weighted by Gasteiger charge is 2.17. The van der Waals surface area contributed by atoms with Crippen LogP contribution in [0, 0.1) is 5.92 Å². The van der Waals surface area contributed by atoms with E-state index in [-0.39, 0.29) is 5.91 Å². The summed E-state index contributed by atoms with van der Waals surface area (Å²) in [6.07, 6.45) is 12.7. The van der Waals surface area contributed by atoms with Crippen LogP contribution in [0.5, 0.6) is 0 Å². The predicted octanol–water partition coefficient (Wildman–Crippen LogP) is 2.95. The van der Waals surface area contributed by atoms with Crippen molar-refractivity contribution in [3.8, 4) is 0 Å². The molecular formula is C16H30N2O. The Balaban J connectivity index is 1.55. The first-order valence-electron chi connectivity index (χ1n) is 8.33. The zero-order chi connectivity index (χ0) is 13.3. The van der Waals surface area contributed by atoms with Crippen molar-refractivity contribution in [2.24, 2.45) is 5.92 Å². The Labute approximate surface area is 118 Å². The molecule has 1 aliphatic heterocycles. The molecule has 19 heavy (non-hydrogen) atoms. The van der Waals surface area contributed by atoms with Crippen LogP contribution >= 0.6 is 0 Å². The second kappa shape index (κ2) is 8.57. The minimum atomic E-state index is 0.279. The molecule has 1 N–H and O–H groups in total. The summed E-state index contributed by atoms with van der Waals surface area (Å²) in [5, 5.41) is 3.12. The third kappa shape index (κ3) is 5.94. The number of hydrogen-bond acceptors (Lipinski definition) is 2. The Morgan fingerprint density at radius 3 is 2.26 bits per heavy atom. The van der Waals surface area contributed by atoms with Gasteiger partial charge in [-0.05, 0) is 44.7 Å². The van der Waals surface area contributed by atoms with Gasteiger partial charge in [0, 0.05) is 19.5 Å². The van der Waals surface area contributed by atoms with Gasteiger partial charge >= 0.3 is 0 Å². The highest BCUT2D eigenvalue weighted by Crippen LogP contribution is 2.25. The van der Waals surface area contributed by atoms with Crippen LogP contribution in [-0.2, 0) is 4.79 Å². The maximum atomic E-state index is 11.9. The summed E-state index contributed by atoms with van der Waals surface area (Å²) >= 11 is 0. The van der Waals surface area contributed by atoms with E-state index in [0.29, 0.717) is 5.92 Å². The average molecular weight is 266 g/mol. The lowest BCUT2D eigenvalue weighted by molar-refractivity contribution is -0.122. The van der Waals surface area contributed by atoms with E-state index in [4.69, 9.17) is 0 Å². The fourth-order valence-corrected chi connectivity index (χ4v) is 3.44. The summed E-state index contributed by atoms with van der Waals surface area (Å²) in [6.45, 7) is 4.32. The molecule has 1 saturated carbocycles. The maximum Gasteiger partial charge on any atom is 0.220 e. The number of amides is 1. The molecule has 1 saturated heterocycles. The number of carbonyl (C=O) groups is 1. The van der Waals surface area contributed by atoms with Gasteiger partial charge < -0.3 is 10.2 Å². The fraction of sp³-hybridized carbons (Fsp3) is 0.938. The molecule has 0 spiro atoms. The van der Waals surface area contributed by atoms with E-state index in [1.54, 1.807) is 0 Å². The largest absolute Gasteiger partial charge is 0.355 e. The first-order chi connectivity index (χ1) is 9.34. The van der Waals surface area contributed by atoms with Crippen molar-refractivity contribution in [2.75, 3.05) is 26.2 Å². The molecule has 0 bridgehead atoms. The average Bonchev–Trinajstić information content (AvgIpc) is 2.68. The quantitative estimate of drug-likeness (QED) is 0.830. The van der Waals surface area contributed by atoms with Crippen LogP contribution in [0.25, 0.3) is 0 Å². The van der Waals surface area contributed by atoms with Crippen molar-refractivity contribution >= 4 is 5.91 Å². The first-order valence-corrected chi connectivity index (χ1v) is 8.33. The minimum absolute atomic E-state index is 0.279. The molecule has 3 heteroatoms. The van der Waals surface area contributed by atoms with Crippen molar-refractivity contribution < 1.29 is 4.79 Å². The SMILES string of the molecule is O=C(CC1CCCCC1)NCCN1CCCCCC1. The molecule has 110 valence electrons. The number of nitrogens with one attached hydrogen (secondary N) is 1. The molecule has 1 aliphatic carbocycles. The third-order valence-corrected chi connectivity index (χ3v) is 4.65. The van der Waals surface area contributed by atoms with Crippen LogP contribution in [0.2, 0.25) is 0 Å². The Kier molecular flexibility index (Phi) is 6.69. The topological polar surface area (TPSA) is 32.3 Å². The third-order valence-electron chi connectivity index (χ3n) is 4.65. The fourth-order valence-electron chi connectivity index (χ4n) is 3.44. The molecule has 0 aromatic rings. The summed E-state index contributed by atoms with van der Waals surface area (Å²) in [5.74, 6) is 0.939. The number of carbonyl (C=O) groups excluding carboxylic acids is 1. The van der Waals surface area contributed by atoms with E-state index in [1.165, 1.54) is 70.9 Å². The van der Waals surface area contributed by atoms with Gasteiger partial charge in [0.25, 0.3) is 0 Å². The zero-order valence-electron chi connectivity index (χ0n) is 12.3. The number of rotatable bonds is 5. The molecule has 0 aromatic heterocycles. The van der Waals surface area contributed by atoms with E-state index < -0.39 is 0 Å². The molecule has 0 aromatic carbocycles. The lowest BCUT2D eigenvalue weighted by Gasteiger charge is -2.22. The molecule has 0 unspecified atom stereocenters. The monoisotopic (exact) mass is 266 g/mol. The molecule has 1 heterocycles. The summed E-state index contributed by atoms with van der Waals surface area (Å²) in [4.78, 5) is 14.4. The van der Waals surface area contributed by atoms with Crippen molar-refractivity contribution in [1.82, 2.24) is 10.2 Å². The van der Waals surface area contributed by atoms with E-state index in [1.807, 2.05) is 0 Å². The number of likely N-dealkylation sites (tertiary alicyclic amines) is 1. The smallest absolute Gasteiger partial charge is 0.220 e. The van der Waals surface area contributed by atoms with Crippen LogP contribution in [-0.4, -0.2) is 37.0 Å². The molecule has 0 radical (unpaired) electrons. The van der Waals surface area contributed by atoms with Gasteiger partial charge in [0.1, 0.15) is 0 Å². The molecule has 1 amide bonds.